The van der Waals surface area contributed by atoms with Crippen LogP contribution in [0.2, 0.25) is 0 Å². The first-order valence-corrected chi connectivity index (χ1v) is 5.75. The molecule has 1 heterocycles. The van der Waals surface area contributed by atoms with Crippen molar-refractivity contribution in [3.63, 3.8) is 0 Å². The second kappa shape index (κ2) is 9.96. The van der Waals surface area contributed by atoms with Crippen molar-refractivity contribution in [1.29, 1.82) is 0 Å². The van der Waals surface area contributed by atoms with Crippen LogP contribution in [-0.2, 0) is 14.2 Å². The third-order valence-corrected chi connectivity index (χ3v) is 1.82. The molecule has 21 heavy (non-hydrogen) atoms. The predicted molar refractivity (Wildman–Crippen MR) is 72.4 cm³/mol. The molecule has 0 aromatic carbocycles. The molecule has 0 saturated heterocycles. The van der Waals surface area contributed by atoms with Gasteiger partial charge in [0.05, 0.1) is 24.9 Å². The third kappa shape index (κ3) is 6.71. The Morgan fingerprint density at radius 3 is 1.62 bits per heavy atom. The SMILES string of the molecule is C=COCOc1cc(OCOC=C)nc(OCOC=C)n1. The van der Waals surface area contributed by atoms with E-state index in [1.54, 1.807) is 0 Å². The zero-order chi connectivity index (χ0) is 15.3. The molecule has 0 saturated carbocycles. The van der Waals surface area contributed by atoms with E-state index in [0.717, 1.165) is 0 Å². The van der Waals surface area contributed by atoms with Crippen molar-refractivity contribution < 1.29 is 28.4 Å². The molecule has 0 unspecified atom stereocenters. The van der Waals surface area contributed by atoms with Crippen LogP contribution < -0.4 is 14.2 Å². The van der Waals surface area contributed by atoms with Crippen LogP contribution in [0.1, 0.15) is 0 Å². The number of hydrogen-bond acceptors (Lipinski definition) is 8. The second-order valence-corrected chi connectivity index (χ2v) is 3.11. The van der Waals surface area contributed by atoms with E-state index in [2.05, 4.69) is 29.7 Å². The number of hydrogen-bond donors (Lipinski definition) is 0. The quantitative estimate of drug-likeness (QED) is 0.329. The molecule has 0 fully saturated rings. The van der Waals surface area contributed by atoms with E-state index in [9.17, 15) is 0 Å². The molecule has 0 aliphatic rings. The van der Waals surface area contributed by atoms with Gasteiger partial charge in [0.25, 0.3) is 0 Å². The normalized spacial score (nSPS) is 9.14. The molecule has 0 N–H and O–H groups in total. The van der Waals surface area contributed by atoms with Gasteiger partial charge in [-0.25, -0.2) is 0 Å². The zero-order valence-corrected chi connectivity index (χ0v) is 11.4. The molecule has 0 aliphatic heterocycles. The van der Waals surface area contributed by atoms with Crippen molar-refractivity contribution in [2.75, 3.05) is 20.4 Å². The van der Waals surface area contributed by atoms with Gasteiger partial charge in [0, 0.05) is 0 Å². The van der Waals surface area contributed by atoms with Crippen LogP contribution >= 0.6 is 0 Å². The lowest BCUT2D eigenvalue weighted by atomic mass is 10.6. The van der Waals surface area contributed by atoms with Gasteiger partial charge in [-0.2, -0.15) is 9.97 Å². The van der Waals surface area contributed by atoms with Gasteiger partial charge in [-0.1, -0.05) is 19.7 Å². The Hall–Kier alpha value is -2.90. The third-order valence-electron chi connectivity index (χ3n) is 1.82. The summed E-state index contributed by atoms with van der Waals surface area (Å²) in [5, 5.41) is 0. The van der Waals surface area contributed by atoms with Gasteiger partial charge in [0.2, 0.25) is 32.1 Å². The summed E-state index contributed by atoms with van der Waals surface area (Å²) in [6, 6.07) is 1.45. The molecule has 0 atom stereocenters. The first-order chi connectivity index (χ1) is 10.3. The summed E-state index contributed by atoms with van der Waals surface area (Å²) in [6.45, 7) is 9.94. The molecule has 8 heteroatoms. The second-order valence-electron chi connectivity index (χ2n) is 3.11. The van der Waals surface area contributed by atoms with Crippen LogP contribution in [0.15, 0.2) is 44.6 Å². The first kappa shape index (κ1) is 16.2. The van der Waals surface area contributed by atoms with Crippen molar-refractivity contribution >= 4 is 0 Å². The van der Waals surface area contributed by atoms with E-state index in [1.807, 2.05) is 0 Å². The Morgan fingerprint density at radius 2 is 1.19 bits per heavy atom. The molecule has 0 spiro atoms. The molecule has 0 radical (unpaired) electrons. The van der Waals surface area contributed by atoms with Gasteiger partial charge in [-0.05, 0) is 0 Å². The zero-order valence-electron chi connectivity index (χ0n) is 11.4. The fraction of sp³-hybridized carbons (Fsp3) is 0.231. The summed E-state index contributed by atoms with van der Waals surface area (Å²) in [4.78, 5) is 7.96. The molecular formula is C13H16N2O6. The molecule has 1 aromatic rings. The highest BCUT2D eigenvalue weighted by atomic mass is 16.7. The Kier molecular flexibility index (Phi) is 7.66. The molecule has 0 aliphatic carbocycles. The molecule has 114 valence electrons. The Bertz CT molecular complexity index is 387. The molecule has 1 rings (SSSR count). The van der Waals surface area contributed by atoms with Crippen molar-refractivity contribution in [2.45, 2.75) is 0 Å². The fourth-order valence-corrected chi connectivity index (χ4v) is 1.02. The molecule has 0 amide bonds. The largest absolute Gasteiger partial charge is 0.466 e. The smallest absolute Gasteiger partial charge is 0.325 e. The van der Waals surface area contributed by atoms with Crippen molar-refractivity contribution in [2.24, 2.45) is 0 Å². The number of aromatic nitrogens is 2. The fourth-order valence-electron chi connectivity index (χ4n) is 1.02. The standard InChI is InChI=1S/C13H16N2O6/c1-4-16-8-19-11-7-12(20-9-17-5-2)15-13(14-11)21-10-18-6-3/h4-7H,1-3,8-10H2. The van der Waals surface area contributed by atoms with Crippen LogP contribution in [0.25, 0.3) is 0 Å². The van der Waals surface area contributed by atoms with E-state index < -0.39 is 0 Å². The minimum absolute atomic E-state index is 0.00144. The van der Waals surface area contributed by atoms with Gasteiger partial charge < -0.3 is 28.4 Å². The minimum Gasteiger partial charge on any atom is -0.466 e. The lowest BCUT2D eigenvalue weighted by Gasteiger charge is -2.10. The monoisotopic (exact) mass is 296 g/mol. The lowest BCUT2D eigenvalue weighted by molar-refractivity contribution is 0.0565. The Balaban J connectivity index is 2.71. The summed E-state index contributed by atoms with van der Waals surface area (Å²) in [5.41, 5.74) is 0. The van der Waals surface area contributed by atoms with Crippen LogP contribution in [0.5, 0.6) is 17.8 Å². The van der Waals surface area contributed by atoms with E-state index in [-0.39, 0.29) is 38.1 Å². The van der Waals surface area contributed by atoms with Gasteiger partial charge in [0.1, 0.15) is 0 Å². The first-order valence-electron chi connectivity index (χ1n) is 5.75. The lowest BCUT2D eigenvalue weighted by Crippen LogP contribution is -2.08. The highest BCUT2D eigenvalue weighted by molar-refractivity contribution is 5.22. The molecular weight excluding hydrogens is 280 g/mol. The summed E-state index contributed by atoms with van der Waals surface area (Å²) in [7, 11) is 0. The van der Waals surface area contributed by atoms with E-state index in [4.69, 9.17) is 28.4 Å². The number of ether oxygens (including phenoxy) is 6. The maximum Gasteiger partial charge on any atom is 0.325 e. The highest BCUT2D eigenvalue weighted by Crippen LogP contribution is 2.19. The summed E-state index contributed by atoms with van der Waals surface area (Å²) >= 11 is 0. The van der Waals surface area contributed by atoms with Gasteiger partial charge in [0.15, 0.2) is 0 Å². The van der Waals surface area contributed by atoms with E-state index >= 15 is 0 Å². The van der Waals surface area contributed by atoms with Crippen molar-refractivity contribution in [1.82, 2.24) is 9.97 Å². The van der Waals surface area contributed by atoms with Crippen LogP contribution in [0.3, 0.4) is 0 Å². The van der Waals surface area contributed by atoms with Crippen LogP contribution in [0, 0.1) is 0 Å². The average Bonchev–Trinajstić information content (AvgIpc) is 2.48. The highest BCUT2D eigenvalue weighted by Gasteiger charge is 2.08. The minimum atomic E-state index is -0.0985. The maximum absolute atomic E-state index is 5.21. The van der Waals surface area contributed by atoms with Crippen molar-refractivity contribution in [3.8, 4) is 17.8 Å². The molecule has 0 bridgehead atoms. The Morgan fingerprint density at radius 1 is 0.762 bits per heavy atom. The van der Waals surface area contributed by atoms with Crippen molar-refractivity contribution in [3.05, 3.63) is 44.6 Å². The average molecular weight is 296 g/mol. The van der Waals surface area contributed by atoms with Gasteiger partial charge in [-0.15, -0.1) is 0 Å². The molecule has 1 aromatic heterocycles. The number of rotatable bonds is 12. The topological polar surface area (TPSA) is 81.2 Å². The van der Waals surface area contributed by atoms with Gasteiger partial charge in [-0.3, -0.25) is 0 Å². The molecule has 8 nitrogen and oxygen atoms in total. The van der Waals surface area contributed by atoms with Crippen LogP contribution in [0.4, 0.5) is 0 Å². The Labute approximate surface area is 122 Å². The summed E-state index contributed by atoms with van der Waals surface area (Å²) in [5.74, 6) is 0.378. The summed E-state index contributed by atoms with van der Waals surface area (Å²) < 4.78 is 30.1. The van der Waals surface area contributed by atoms with Gasteiger partial charge >= 0.3 is 6.01 Å². The summed E-state index contributed by atoms with van der Waals surface area (Å²) in [6.07, 6.45) is 3.71. The van der Waals surface area contributed by atoms with E-state index in [1.165, 1.54) is 24.9 Å². The van der Waals surface area contributed by atoms with E-state index in [0.29, 0.717) is 0 Å². The number of nitrogens with zero attached hydrogens (tertiary/aromatic N) is 2. The predicted octanol–water partition coefficient (Wildman–Crippen LogP) is 1.97. The van der Waals surface area contributed by atoms with Crippen LogP contribution in [-0.4, -0.2) is 30.3 Å². The maximum atomic E-state index is 5.21.